The van der Waals surface area contributed by atoms with Crippen molar-refractivity contribution in [1.82, 2.24) is 4.90 Å². The molecule has 2 N–H and O–H groups in total. The summed E-state index contributed by atoms with van der Waals surface area (Å²) in [5, 5.41) is 0. The van der Waals surface area contributed by atoms with Crippen molar-refractivity contribution < 1.29 is 9.18 Å². The van der Waals surface area contributed by atoms with Crippen LogP contribution in [0, 0.1) is 5.82 Å². The molecule has 1 amide bonds. The van der Waals surface area contributed by atoms with Crippen LogP contribution in [0.4, 0.5) is 4.39 Å². The summed E-state index contributed by atoms with van der Waals surface area (Å²) in [5.41, 5.74) is 5.78. The molecule has 0 aromatic heterocycles. The summed E-state index contributed by atoms with van der Waals surface area (Å²) < 4.78 is 13.5. The van der Waals surface area contributed by atoms with Gasteiger partial charge in [-0.05, 0) is 27.0 Å². The largest absolute Gasteiger partial charge is 0.368 e. The van der Waals surface area contributed by atoms with E-state index in [-0.39, 0.29) is 11.9 Å². The van der Waals surface area contributed by atoms with Crippen molar-refractivity contribution >= 4 is 5.91 Å². The molecule has 0 saturated carbocycles. The maximum absolute atomic E-state index is 13.5. The van der Waals surface area contributed by atoms with E-state index in [4.69, 9.17) is 5.73 Å². The number of hydrogen-bond acceptors (Lipinski definition) is 2. The van der Waals surface area contributed by atoms with E-state index in [0.717, 1.165) is 0 Å². The van der Waals surface area contributed by atoms with Gasteiger partial charge in [-0.1, -0.05) is 18.2 Å². The highest BCUT2D eigenvalue weighted by Crippen LogP contribution is 2.22. The van der Waals surface area contributed by atoms with Gasteiger partial charge in [0.2, 0.25) is 5.91 Å². The standard InChI is InChI=1S/C12H17FN2O/c1-8(15(3)9(2)12(14)16)10-6-4-5-7-11(10)13/h4-9H,1-3H3,(H2,14,16). The average molecular weight is 224 g/mol. The van der Waals surface area contributed by atoms with E-state index in [9.17, 15) is 9.18 Å². The highest BCUT2D eigenvalue weighted by atomic mass is 19.1. The minimum absolute atomic E-state index is 0.191. The molecule has 3 nitrogen and oxygen atoms in total. The molecule has 0 radical (unpaired) electrons. The van der Waals surface area contributed by atoms with Crippen LogP contribution in [0.25, 0.3) is 0 Å². The van der Waals surface area contributed by atoms with E-state index in [1.54, 1.807) is 37.1 Å². The normalized spacial score (nSPS) is 14.8. The van der Waals surface area contributed by atoms with Gasteiger partial charge in [-0.2, -0.15) is 0 Å². The Kier molecular flexibility index (Phi) is 4.01. The van der Waals surface area contributed by atoms with Crippen LogP contribution in [0.3, 0.4) is 0 Å². The molecule has 0 saturated heterocycles. The molecule has 0 heterocycles. The summed E-state index contributed by atoms with van der Waals surface area (Å²) in [5.74, 6) is -0.677. The zero-order chi connectivity index (χ0) is 12.3. The molecular formula is C12H17FN2O. The second-order valence-electron chi connectivity index (χ2n) is 3.94. The summed E-state index contributed by atoms with van der Waals surface area (Å²) in [6.07, 6.45) is 0. The Morgan fingerprint density at radius 3 is 2.44 bits per heavy atom. The molecule has 2 unspecified atom stereocenters. The van der Waals surface area contributed by atoms with Gasteiger partial charge in [0, 0.05) is 11.6 Å². The van der Waals surface area contributed by atoms with Gasteiger partial charge in [-0.3, -0.25) is 9.69 Å². The van der Waals surface area contributed by atoms with E-state index in [0.29, 0.717) is 5.56 Å². The van der Waals surface area contributed by atoms with E-state index >= 15 is 0 Å². The quantitative estimate of drug-likeness (QED) is 0.846. The molecular weight excluding hydrogens is 207 g/mol. The maximum atomic E-state index is 13.5. The van der Waals surface area contributed by atoms with Crippen LogP contribution in [-0.2, 0) is 4.79 Å². The lowest BCUT2D eigenvalue weighted by Gasteiger charge is -2.29. The molecule has 0 bridgehead atoms. The van der Waals surface area contributed by atoms with Crippen LogP contribution in [0.5, 0.6) is 0 Å². The predicted octanol–water partition coefficient (Wildman–Crippen LogP) is 1.69. The van der Waals surface area contributed by atoms with Crippen LogP contribution < -0.4 is 5.73 Å². The Morgan fingerprint density at radius 2 is 1.94 bits per heavy atom. The number of nitrogens with two attached hydrogens (primary N) is 1. The lowest BCUT2D eigenvalue weighted by Crippen LogP contribution is -2.41. The topological polar surface area (TPSA) is 46.3 Å². The Hall–Kier alpha value is -1.42. The molecule has 2 atom stereocenters. The second-order valence-corrected chi connectivity index (χ2v) is 3.94. The van der Waals surface area contributed by atoms with Crippen LogP contribution in [-0.4, -0.2) is 23.9 Å². The lowest BCUT2D eigenvalue weighted by atomic mass is 10.1. The number of halogens is 1. The second kappa shape index (κ2) is 5.07. The van der Waals surface area contributed by atoms with E-state index in [1.165, 1.54) is 6.07 Å². The minimum atomic E-state index is -0.422. The molecule has 0 aliphatic heterocycles. The smallest absolute Gasteiger partial charge is 0.234 e. The van der Waals surface area contributed by atoms with Gasteiger partial charge in [0.1, 0.15) is 5.82 Å². The molecule has 0 fully saturated rings. The van der Waals surface area contributed by atoms with Gasteiger partial charge >= 0.3 is 0 Å². The van der Waals surface area contributed by atoms with Crippen LogP contribution in [0.1, 0.15) is 25.5 Å². The fourth-order valence-electron chi connectivity index (χ4n) is 1.57. The first-order valence-corrected chi connectivity index (χ1v) is 5.20. The van der Waals surface area contributed by atoms with Gasteiger partial charge < -0.3 is 5.73 Å². The zero-order valence-corrected chi connectivity index (χ0v) is 9.77. The third-order valence-corrected chi connectivity index (χ3v) is 2.99. The fraction of sp³-hybridized carbons (Fsp3) is 0.417. The first-order chi connectivity index (χ1) is 7.45. The van der Waals surface area contributed by atoms with Crippen LogP contribution in [0.15, 0.2) is 24.3 Å². The average Bonchev–Trinajstić information content (AvgIpc) is 2.26. The third-order valence-electron chi connectivity index (χ3n) is 2.99. The zero-order valence-electron chi connectivity index (χ0n) is 9.77. The van der Waals surface area contributed by atoms with E-state index in [1.807, 2.05) is 6.92 Å². The number of amides is 1. The van der Waals surface area contributed by atoms with Crippen LogP contribution >= 0.6 is 0 Å². The van der Waals surface area contributed by atoms with Gasteiger partial charge in [-0.25, -0.2) is 4.39 Å². The first kappa shape index (κ1) is 12.6. The summed E-state index contributed by atoms with van der Waals surface area (Å²) in [7, 11) is 1.76. The number of primary amides is 1. The maximum Gasteiger partial charge on any atom is 0.234 e. The van der Waals surface area contributed by atoms with Crippen molar-refractivity contribution in [1.29, 1.82) is 0 Å². The lowest BCUT2D eigenvalue weighted by molar-refractivity contribution is -0.122. The minimum Gasteiger partial charge on any atom is -0.368 e. The van der Waals surface area contributed by atoms with Crippen molar-refractivity contribution in [3.63, 3.8) is 0 Å². The third kappa shape index (κ3) is 2.58. The molecule has 88 valence electrons. The Balaban J connectivity index is 2.90. The molecule has 0 spiro atoms. The number of nitrogens with zero attached hydrogens (tertiary/aromatic N) is 1. The van der Waals surface area contributed by atoms with Crippen LogP contribution in [0.2, 0.25) is 0 Å². The van der Waals surface area contributed by atoms with Gasteiger partial charge in [0.25, 0.3) is 0 Å². The van der Waals surface area contributed by atoms with Crippen molar-refractivity contribution in [2.75, 3.05) is 7.05 Å². The molecule has 1 aromatic carbocycles. The van der Waals surface area contributed by atoms with Crippen molar-refractivity contribution in [3.05, 3.63) is 35.6 Å². The molecule has 1 aromatic rings. The molecule has 1 rings (SSSR count). The molecule has 4 heteroatoms. The molecule has 0 aliphatic rings. The Labute approximate surface area is 95.0 Å². The fourth-order valence-corrected chi connectivity index (χ4v) is 1.57. The number of benzene rings is 1. The summed E-state index contributed by atoms with van der Waals surface area (Å²) >= 11 is 0. The summed E-state index contributed by atoms with van der Waals surface area (Å²) in [6, 6.07) is 5.93. The molecule has 0 aliphatic carbocycles. The van der Waals surface area contributed by atoms with Crippen molar-refractivity contribution in [2.45, 2.75) is 25.9 Å². The van der Waals surface area contributed by atoms with Gasteiger partial charge in [-0.15, -0.1) is 0 Å². The Morgan fingerprint density at radius 1 is 1.38 bits per heavy atom. The Bertz CT molecular complexity index is 381. The highest BCUT2D eigenvalue weighted by molar-refractivity contribution is 5.79. The molecule has 16 heavy (non-hydrogen) atoms. The number of likely N-dealkylation sites (N-methyl/N-ethyl adjacent to an activating group) is 1. The number of carbonyl (C=O) groups is 1. The van der Waals surface area contributed by atoms with E-state index < -0.39 is 11.9 Å². The predicted molar refractivity (Wildman–Crippen MR) is 61.2 cm³/mol. The van der Waals surface area contributed by atoms with Gasteiger partial charge in [0.15, 0.2) is 0 Å². The first-order valence-electron chi connectivity index (χ1n) is 5.20. The number of hydrogen-bond donors (Lipinski definition) is 1. The SMILES string of the molecule is CC(C(N)=O)N(C)C(C)c1ccccc1F. The van der Waals surface area contributed by atoms with Crippen molar-refractivity contribution in [3.8, 4) is 0 Å². The van der Waals surface area contributed by atoms with Gasteiger partial charge in [0.05, 0.1) is 6.04 Å². The highest BCUT2D eigenvalue weighted by Gasteiger charge is 2.22. The summed E-state index contributed by atoms with van der Waals surface area (Å²) in [6.45, 7) is 3.55. The van der Waals surface area contributed by atoms with Crippen molar-refractivity contribution in [2.24, 2.45) is 5.73 Å². The monoisotopic (exact) mass is 224 g/mol. The van der Waals surface area contributed by atoms with E-state index in [2.05, 4.69) is 0 Å². The number of carbonyl (C=O) groups excluding carboxylic acids is 1. The number of rotatable bonds is 4. The summed E-state index contributed by atoms with van der Waals surface area (Å²) in [4.78, 5) is 12.8.